The molecule has 0 saturated heterocycles. The van der Waals surface area contributed by atoms with Crippen molar-refractivity contribution in [3.05, 3.63) is 40.9 Å². The molecule has 0 radical (unpaired) electrons. The third-order valence-corrected chi connectivity index (χ3v) is 3.82. The maximum absolute atomic E-state index is 11.2. The van der Waals surface area contributed by atoms with Gasteiger partial charge in [-0.2, -0.15) is 0 Å². The second-order valence-electron chi connectivity index (χ2n) is 4.22. The van der Waals surface area contributed by atoms with Crippen LogP contribution in [0.5, 0.6) is 0 Å². The van der Waals surface area contributed by atoms with Crippen LogP contribution < -0.4 is 4.90 Å². The van der Waals surface area contributed by atoms with E-state index in [0.717, 1.165) is 16.5 Å². The fourth-order valence-electron chi connectivity index (χ4n) is 1.79. The van der Waals surface area contributed by atoms with Crippen LogP contribution in [0.25, 0.3) is 0 Å². The maximum atomic E-state index is 11.2. The number of carbonyl (C=O) groups is 1. The molecule has 100 valence electrons. The number of benzene rings is 1. The molecule has 19 heavy (non-hydrogen) atoms. The summed E-state index contributed by atoms with van der Waals surface area (Å²) in [5.74, 6) is -0.268. The fourth-order valence-corrected chi connectivity index (χ4v) is 2.60. The molecule has 1 aromatic heterocycles. The van der Waals surface area contributed by atoms with Gasteiger partial charge in [-0.25, -0.2) is 4.98 Å². The van der Waals surface area contributed by atoms with Crippen molar-refractivity contribution in [2.75, 3.05) is 19.1 Å². The number of esters is 1. The van der Waals surface area contributed by atoms with E-state index >= 15 is 0 Å². The lowest BCUT2D eigenvalue weighted by Crippen LogP contribution is -2.11. The Morgan fingerprint density at radius 3 is 2.84 bits per heavy atom. The van der Waals surface area contributed by atoms with Crippen LogP contribution in [0.1, 0.15) is 11.3 Å². The number of ether oxygens (including phenoxy) is 1. The number of thiazole rings is 1. The van der Waals surface area contributed by atoms with Crippen LogP contribution in [0.15, 0.2) is 29.6 Å². The van der Waals surface area contributed by atoms with Crippen LogP contribution in [0, 0.1) is 6.92 Å². The molecule has 2 rings (SSSR count). The third-order valence-electron chi connectivity index (χ3n) is 2.86. The Kier molecular flexibility index (Phi) is 4.16. The highest BCUT2D eigenvalue weighted by Crippen LogP contribution is 2.29. The van der Waals surface area contributed by atoms with Gasteiger partial charge >= 0.3 is 5.97 Å². The molecule has 1 heterocycles. The van der Waals surface area contributed by atoms with E-state index in [1.54, 1.807) is 0 Å². The number of anilines is 2. The zero-order valence-corrected chi connectivity index (χ0v) is 12.0. The van der Waals surface area contributed by atoms with Crippen molar-refractivity contribution >= 4 is 28.1 Å². The minimum Gasteiger partial charge on any atom is -0.469 e. The summed E-state index contributed by atoms with van der Waals surface area (Å²) in [6.07, 6.45) is 0.217. The first-order chi connectivity index (χ1) is 9.11. The number of rotatable bonds is 4. The molecule has 0 spiro atoms. The Balaban J connectivity index is 2.19. The Morgan fingerprint density at radius 2 is 2.16 bits per heavy atom. The van der Waals surface area contributed by atoms with E-state index < -0.39 is 0 Å². The molecular formula is C14H16N2O2S. The lowest BCUT2D eigenvalue weighted by Gasteiger charge is -2.18. The van der Waals surface area contributed by atoms with E-state index in [2.05, 4.69) is 28.8 Å². The summed E-state index contributed by atoms with van der Waals surface area (Å²) in [6.45, 7) is 2.06. The quantitative estimate of drug-likeness (QED) is 0.805. The zero-order valence-electron chi connectivity index (χ0n) is 11.2. The molecule has 0 fully saturated rings. The van der Waals surface area contributed by atoms with E-state index in [0.29, 0.717) is 0 Å². The van der Waals surface area contributed by atoms with Gasteiger partial charge in [0.2, 0.25) is 0 Å². The molecule has 4 nitrogen and oxygen atoms in total. The number of nitrogens with zero attached hydrogens (tertiary/aromatic N) is 2. The van der Waals surface area contributed by atoms with Crippen LogP contribution >= 0.6 is 11.3 Å². The molecule has 5 heteroatoms. The van der Waals surface area contributed by atoms with Gasteiger partial charge in [0.15, 0.2) is 5.13 Å². The van der Waals surface area contributed by atoms with Gasteiger partial charge in [-0.05, 0) is 18.6 Å². The Bertz CT molecular complexity index is 580. The first-order valence-corrected chi connectivity index (χ1v) is 6.80. The van der Waals surface area contributed by atoms with Gasteiger partial charge in [0.1, 0.15) is 0 Å². The average Bonchev–Trinajstić information content (AvgIpc) is 2.87. The predicted octanol–water partition coefficient (Wildman–Crippen LogP) is 2.93. The first kappa shape index (κ1) is 13.5. The molecule has 0 atom stereocenters. The zero-order chi connectivity index (χ0) is 13.8. The summed E-state index contributed by atoms with van der Waals surface area (Å²) in [4.78, 5) is 17.7. The molecule has 2 aromatic rings. The number of para-hydroxylation sites is 1. The first-order valence-electron chi connectivity index (χ1n) is 5.92. The number of carbonyl (C=O) groups excluding carboxylic acids is 1. The number of aromatic nitrogens is 1. The van der Waals surface area contributed by atoms with Gasteiger partial charge in [-0.1, -0.05) is 18.2 Å². The van der Waals surface area contributed by atoms with E-state index in [9.17, 15) is 4.79 Å². The molecular weight excluding hydrogens is 260 g/mol. The number of methoxy groups -OCH3 is 1. The van der Waals surface area contributed by atoms with Gasteiger partial charge in [-0.15, -0.1) is 11.3 Å². The average molecular weight is 276 g/mol. The van der Waals surface area contributed by atoms with Gasteiger partial charge in [0.25, 0.3) is 0 Å². The molecule has 0 unspecified atom stereocenters. The van der Waals surface area contributed by atoms with Crippen LogP contribution in [0.3, 0.4) is 0 Å². The summed E-state index contributed by atoms with van der Waals surface area (Å²) in [5.41, 5.74) is 3.04. The van der Waals surface area contributed by atoms with Crippen LogP contribution in [-0.2, 0) is 16.0 Å². The lowest BCUT2D eigenvalue weighted by molar-refractivity contribution is -0.139. The van der Waals surface area contributed by atoms with E-state index in [-0.39, 0.29) is 12.4 Å². The minimum atomic E-state index is -0.268. The van der Waals surface area contributed by atoms with Gasteiger partial charge in [0, 0.05) is 18.1 Å². The highest BCUT2D eigenvalue weighted by Gasteiger charge is 2.12. The molecule has 0 saturated carbocycles. The molecule has 0 bridgehead atoms. The topological polar surface area (TPSA) is 42.4 Å². The Morgan fingerprint density at radius 1 is 1.42 bits per heavy atom. The van der Waals surface area contributed by atoms with Crippen LogP contribution in [0.4, 0.5) is 10.8 Å². The monoisotopic (exact) mass is 276 g/mol. The van der Waals surface area contributed by atoms with Crippen molar-refractivity contribution in [1.82, 2.24) is 4.98 Å². The number of hydrogen-bond acceptors (Lipinski definition) is 5. The summed E-state index contributed by atoms with van der Waals surface area (Å²) < 4.78 is 4.64. The highest BCUT2D eigenvalue weighted by molar-refractivity contribution is 7.13. The second-order valence-corrected chi connectivity index (χ2v) is 5.06. The smallest absolute Gasteiger partial charge is 0.311 e. The normalized spacial score (nSPS) is 10.3. The predicted molar refractivity (Wildman–Crippen MR) is 77.1 cm³/mol. The third kappa shape index (κ3) is 3.12. The Hall–Kier alpha value is -1.88. The molecule has 0 aliphatic rings. The second kappa shape index (κ2) is 5.84. The minimum absolute atomic E-state index is 0.217. The van der Waals surface area contributed by atoms with Crippen LogP contribution in [0.2, 0.25) is 0 Å². The summed E-state index contributed by atoms with van der Waals surface area (Å²) in [5, 5.41) is 2.76. The van der Waals surface area contributed by atoms with E-state index in [1.165, 1.54) is 24.0 Å². The fraction of sp³-hybridized carbons (Fsp3) is 0.286. The van der Waals surface area contributed by atoms with E-state index in [4.69, 9.17) is 0 Å². The number of hydrogen-bond donors (Lipinski definition) is 0. The van der Waals surface area contributed by atoms with Crippen molar-refractivity contribution in [1.29, 1.82) is 0 Å². The van der Waals surface area contributed by atoms with Crippen LogP contribution in [-0.4, -0.2) is 25.1 Å². The lowest BCUT2D eigenvalue weighted by atomic mass is 10.2. The molecule has 0 aliphatic carbocycles. The van der Waals surface area contributed by atoms with Gasteiger partial charge in [0.05, 0.1) is 19.2 Å². The SMILES string of the molecule is COC(=O)Cc1csc(N(C)c2ccccc2C)n1. The van der Waals surface area contributed by atoms with Crippen molar-refractivity contribution in [3.8, 4) is 0 Å². The van der Waals surface area contributed by atoms with Crippen molar-refractivity contribution in [2.24, 2.45) is 0 Å². The van der Waals surface area contributed by atoms with Gasteiger partial charge < -0.3 is 9.64 Å². The summed E-state index contributed by atoms with van der Waals surface area (Å²) >= 11 is 1.52. The van der Waals surface area contributed by atoms with Crippen molar-refractivity contribution in [2.45, 2.75) is 13.3 Å². The molecule has 0 amide bonds. The number of aryl methyl sites for hydroxylation is 1. The molecule has 0 N–H and O–H groups in total. The maximum Gasteiger partial charge on any atom is 0.311 e. The summed E-state index contributed by atoms with van der Waals surface area (Å²) in [7, 11) is 3.36. The molecule has 0 aliphatic heterocycles. The van der Waals surface area contributed by atoms with E-state index in [1.807, 2.05) is 29.5 Å². The van der Waals surface area contributed by atoms with Crippen molar-refractivity contribution < 1.29 is 9.53 Å². The van der Waals surface area contributed by atoms with Crippen molar-refractivity contribution in [3.63, 3.8) is 0 Å². The molecule has 1 aromatic carbocycles. The Labute approximate surface area is 116 Å². The summed E-state index contributed by atoms with van der Waals surface area (Å²) in [6, 6.07) is 8.13. The highest BCUT2D eigenvalue weighted by atomic mass is 32.1. The van der Waals surface area contributed by atoms with Gasteiger partial charge in [-0.3, -0.25) is 4.79 Å². The standard InChI is InChI=1S/C14H16N2O2S/c1-10-6-4-5-7-12(10)16(2)14-15-11(9-19-14)8-13(17)18-3/h4-7,9H,8H2,1-3H3. The largest absolute Gasteiger partial charge is 0.469 e.